The van der Waals surface area contributed by atoms with Crippen molar-refractivity contribution in [3.05, 3.63) is 16.1 Å². The smallest absolute Gasteiger partial charge is 0.409 e. The van der Waals surface area contributed by atoms with E-state index in [2.05, 4.69) is 10.3 Å². The van der Waals surface area contributed by atoms with Crippen LogP contribution in [0.15, 0.2) is 5.38 Å². The number of urea groups is 1. The van der Waals surface area contributed by atoms with Crippen molar-refractivity contribution < 1.29 is 14.3 Å². The number of nitrogens with zero attached hydrogens (tertiary/aromatic N) is 3. The number of piperazine rings is 1. The van der Waals surface area contributed by atoms with Crippen molar-refractivity contribution in [2.45, 2.75) is 26.8 Å². The van der Waals surface area contributed by atoms with E-state index in [1.54, 1.807) is 28.1 Å². The van der Waals surface area contributed by atoms with Gasteiger partial charge in [-0.15, -0.1) is 11.3 Å². The van der Waals surface area contributed by atoms with Gasteiger partial charge in [0.25, 0.3) is 0 Å². The number of carbonyl (C=O) groups excluding carboxylic acids is 2. The van der Waals surface area contributed by atoms with Crippen LogP contribution in [-0.2, 0) is 4.74 Å². The Morgan fingerprint density at radius 1 is 1.36 bits per heavy atom. The summed E-state index contributed by atoms with van der Waals surface area (Å²) in [5.74, 6) is 0. The summed E-state index contributed by atoms with van der Waals surface area (Å²) in [6, 6.07) is -0.248. The van der Waals surface area contributed by atoms with E-state index in [1.165, 1.54) is 0 Å². The zero-order valence-electron chi connectivity index (χ0n) is 13.2. The van der Waals surface area contributed by atoms with E-state index in [-0.39, 0.29) is 18.2 Å². The quantitative estimate of drug-likeness (QED) is 0.922. The standard InChI is InChI=1S/C14H22N4O3S/c1-4-21-14(20)18-7-5-17(6-8-18)13(19)15-10(2)12-9-22-11(3)16-12/h9-10H,4-8H2,1-3H3,(H,15,19). The minimum atomic E-state index is -0.311. The van der Waals surface area contributed by atoms with Crippen LogP contribution >= 0.6 is 11.3 Å². The highest BCUT2D eigenvalue weighted by Crippen LogP contribution is 2.16. The third-order valence-electron chi connectivity index (χ3n) is 3.51. The molecule has 1 unspecified atom stereocenters. The van der Waals surface area contributed by atoms with Crippen molar-refractivity contribution in [2.24, 2.45) is 0 Å². The minimum Gasteiger partial charge on any atom is -0.450 e. The first-order valence-electron chi connectivity index (χ1n) is 7.40. The first-order valence-corrected chi connectivity index (χ1v) is 8.28. The molecule has 1 aromatic heterocycles. The van der Waals surface area contributed by atoms with E-state index < -0.39 is 0 Å². The largest absolute Gasteiger partial charge is 0.450 e. The molecule has 1 aliphatic rings. The van der Waals surface area contributed by atoms with E-state index >= 15 is 0 Å². The number of hydrogen-bond donors (Lipinski definition) is 1. The molecule has 0 aliphatic carbocycles. The highest BCUT2D eigenvalue weighted by atomic mass is 32.1. The molecule has 8 heteroatoms. The first kappa shape index (κ1) is 16.5. The lowest BCUT2D eigenvalue weighted by Gasteiger charge is -2.34. The topological polar surface area (TPSA) is 74.8 Å². The highest BCUT2D eigenvalue weighted by molar-refractivity contribution is 7.09. The van der Waals surface area contributed by atoms with Gasteiger partial charge in [-0.2, -0.15) is 0 Å². The molecule has 7 nitrogen and oxygen atoms in total. The Hall–Kier alpha value is -1.83. The van der Waals surface area contributed by atoms with Gasteiger partial charge in [0, 0.05) is 31.6 Å². The predicted octanol–water partition coefficient (Wildman–Crippen LogP) is 2.00. The van der Waals surface area contributed by atoms with Crippen LogP contribution in [-0.4, -0.2) is 59.7 Å². The van der Waals surface area contributed by atoms with Gasteiger partial charge in [-0.1, -0.05) is 0 Å². The second kappa shape index (κ2) is 7.44. The van der Waals surface area contributed by atoms with Crippen LogP contribution in [0.5, 0.6) is 0 Å². The van der Waals surface area contributed by atoms with Gasteiger partial charge in [-0.25, -0.2) is 14.6 Å². The minimum absolute atomic E-state index is 0.123. The summed E-state index contributed by atoms with van der Waals surface area (Å²) in [5.41, 5.74) is 0.876. The molecule has 0 spiro atoms. The van der Waals surface area contributed by atoms with Gasteiger partial charge in [0.1, 0.15) is 0 Å². The van der Waals surface area contributed by atoms with Crippen LogP contribution in [0.25, 0.3) is 0 Å². The van der Waals surface area contributed by atoms with Gasteiger partial charge < -0.3 is 19.9 Å². The van der Waals surface area contributed by atoms with Crippen molar-refractivity contribution in [2.75, 3.05) is 32.8 Å². The molecule has 0 radical (unpaired) electrons. The molecule has 1 saturated heterocycles. The Labute approximate surface area is 134 Å². The normalized spacial score (nSPS) is 16.3. The molecule has 1 N–H and O–H groups in total. The van der Waals surface area contributed by atoms with Crippen molar-refractivity contribution in [1.29, 1.82) is 0 Å². The summed E-state index contributed by atoms with van der Waals surface area (Å²) in [5, 5.41) is 5.89. The maximum atomic E-state index is 12.2. The van der Waals surface area contributed by atoms with Crippen LogP contribution in [0.4, 0.5) is 9.59 Å². The second-order valence-corrected chi connectivity index (χ2v) is 6.20. The van der Waals surface area contributed by atoms with Crippen molar-refractivity contribution in [3.63, 3.8) is 0 Å². The fraction of sp³-hybridized carbons (Fsp3) is 0.643. The molecule has 3 amide bonds. The Kier molecular flexibility index (Phi) is 5.59. The zero-order valence-corrected chi connectivity index (χ0v) is 14.0. The van der Waals surface area contributed by atoms with E-state index in [4.69, 9.17) is 4.74 Å². The Bertz CT molecular complexity index is 526. The SMILES string of the molecule is CCOC(=O)N1CCN(C(=O)NC(C)c2csc(C)n2)CC1. The number of nitrogens with one attached hydrogen (secondary N) is 1. The number of aryl methyl sites for hydroxylation is 1. The van der Waals surface area contributed by atoms with Crippen LogP contribution in [0.1, 0.15) is 30.6 Å². The molecule has 1 atom stereocenters. The number of hydrogen-bond acceptors (Lipinski definition) is 5. The highest BCUT2D eigenvalue weighted by Gasteiger charge is 2.25. The van der Waals surface area contributed by atoms with Gasteiger partial charge >= 0.3 is 12.1 Å². The molecule has 1 fully saturated rings. The van der Waals surface area contributed by atoms with E-state index in [0.29, 0.717) is 32.8 Å². The van der Waals surface area contributed by atoms with Gasteiger partial charge in [-0.05, 0) is 20.8 Å². The summed E-state index contributed by atoms with van der Waals surface area (Å²) in [6.07, 6.45) is -0.311. The zero-order chi connectivity index (χ0) is 16.1. The molecular weight excluding hydrogens is 304 g/mol. The van der Waals surface area contributed by atoms with Crippen LogP contribution in [0, 0.1) is 6.92 Å². The maximum Gasteiger partial charge on any atom is 0.409 e. The lowest BCUT2D eigenvalue weighted by Crippen LogP contribution is -2.53. The first-order chi connectivity index (χ1) is 10.5. The predicted molar refractivity (Wildman–Crippen MR) is 84.0 cm³/mol. The Balaban J connectivity index is 1.81. The van der Waals surface area contributed by atoms with Crippen molar-refractivity contribution in [3.8, 4) is 0 Å². The average molecular weight is 326 g/mol. The fourth-order valence-electron chi connectivity index (χ4n) is 2.24. The number of rotatable bonds is 3. The number of ether oxygens (including phenoxy) is 1. The van der Waals surface area contributed by atoms with Crippen molar-refractivity contribution in [1.82, 2.24) is 20.1 Å². The van der Waals surface area contributed by atoms with Gasteiger partial charge in [0.2, 0.25) is 0 Å². The van der Waals surface area contributed by atoms with Crippen LogP contribution in [0.3, 0.4) is 0 Å². The van der Waals surface area contributed by atoms with Gasteiger partial charge in [-0.3, -0.25) is 0 Å². The lowest BCUT2D eigenvalue weighted by molar-refractivity contribution is 0.0848. The molecule has 1 aliphatic heterocycles. The molecule has 2 heterocycles. The monoisotopic (exact) mass is 326 g/mol. The maximum absolute atomic E-state index is 12.2. The van der Waals surface area contributed by atoms with Crippen molar-refractivity contribution >= 4 is 23.5 Å². The van der Waals surface area contributed by atoms with Crippen LogP contribution < -0.4 is 5.32 Å². The van der Waals surface area contributed by atoms with Gasteiger partial charge in [0.05, 0.1) is 23.4 Å². The number of aromatic nitrogens is 1. The second-order valence-electron chi connectivity index (χ2n) is 5.14. The van der Waals surface area contributed by atoms with E-state index in [9.17, 15) is 9.59 Å². The number of thiazole rings is 1. The molecule has 22 heavy (non-hydrogen) atoms. The number of carbonyl (C=O) groups is 2. The van der Waals surface area contributed by atoms with Gasteiger partial charge in [0.15, 0.2) is 0 Å². The molecule has 2 rings (SSSR count). The summed E-state index contributed by atoms with van der Waals surface area (Å²) >= 11 is 1.57. The van der Waals surface area contributed by atoms with Crippen LogP contribution in [0.2, 0.25) is 0 Å². The summed E-state index contributed by atoms with van der Waals surface area (Å²) in [4.78, 5) is 31.6. The molecule has 0 saturated carbocycles. The third-order valence-corrected chi connectivity index (χ3v) is 4.31. The third kappa shape index (κ3) is 4.09. The lowest BCUT2D eigenvalue weighted by atomic mass is 10.2. The summed E-state index contributed by atoms with van der Waals surface area (Å²) in [6.45, 7) is 8.01. The molecule has 122 valence electrons. The summed E-state index contributed by atoms with van der Waals surface area (Å²) in [7, 11) is 0. The summed E-state index contributed by atoms with van der Waals surface area (Å²) < 4.78 is 4.96. The van der Waals surface area contributed by atoms with E-state index in [1.807, 2.05) is 19.2 Å². The molecule has 1 aromatic rings. The molecule has 0 aromatic carbocycles. The Morgan fingerprint density at radius 3 is 2.55 bits per heavy atom. The van der Waals surface area contributed by atoms with E-state index in [0.717, 1.165) is 10.7 Å². The average Bonchev–Trinajstić information content (AvgIpc) is 2.94. The fourth-order valence-corrected chi connectivity index (χ4v) is 2.94. The molecule has 0 bridgehead atoms. The Morgan fingerprint density at radius 2 is 2.00 bits per heavy atom. The number of amides is 3. The molecular formula is C14H22N4O3S.